The molecule has 5 nitrogen and oxygen atoms in total. The molecule has 140 valence electrons. The van der Waals surface area contributed by atoms with Gasteiger partial charge in [0.25, 0.3) is 0 Å². The first kappa shape index (κ1) is 20.3. The third-order valence-corrected chi connectivity index (χ3v) is 4.77. The summed E-state index contributed by atoms with van der Waals surface area (Å²) in [6.45, 7) is 6.80. The summed E-state index contributed by atoms with van der Waals surface area (Å²) in [4.78, 5) is 7.33. The van der Waals surface area contributed by atoms with E-state index in [4.69, 9.17) is 9.72 Å². The Morgan fingerprint density at radius 1 is 1.12 bits per heavy atom. The average Bonchev–Trinajstić information content (AvgIpc) is 3.37. The van der Waals surface area contributed by atoms with Crippen molar-refractivity contribution in [3.63, 3.8) is 0 Å². The van der Waals surface area contributed by atoms with Crippen LogP contribution in [0.15, 0.2) is 24.3 Å². The largest absolute Gasteiger partial charge is 0.379 e. The summed E-state index contributed by atoms with van der Waals surface area (Å²) in [7, 11) is 0. The van der Waals surface area contributed by atoms with Gasteiger partial charge < -0.3 is 19.5 Å². The minimum absolute atomic E-state index is 0. The predicted molar refractivity (Wildman–Crippen MR) is 107 cm³/mol. The number of hydrogen-bond donors (Lipinski definition) is 1. The summed E-state index contributed by atoms with van der Waals surface area (Å²) in [5.74, 6) is 1.93. The van der Waals surface area contributed by atoms with Gasteiger partial charge in [0, 0.05) is 32.8 Å². The van der Waals surface area contributed by atoms with E-state index in [1.807, 2.05) is 0 Å². The van der Waals surface area contributed by atoms with Crippen molar-refractivity contribution in [3.05, 3.63) is 24.3 Å². The van der Waals surface area contributed by atoms with E-state index in [9.17, 15) is 0 Å². The van der Waals surface area contributed by atoms with E-state index in [-0.39, 0.29) is 24.8 Å². The molecule has 0 bridgehead atoms. The summed E-state index contributed by atoms with van der Waals surface area (Å²) in [6, 6.07) is 8.44. The van der Waals surface area contributed by atoms with Crippen molar-refractivity contribution in [2.45, 2.75) is 25.8 Å². The number of hydrogen-bond acceptors (Lipinski definition) is 4. The highest BCUT2D eigenvalue weighted by molar-refractivity contribution is 5.85. The van der Waals surface area contributed by atoms with Gasteiger partial charge in [-0.3, -0.25) is 0 Å². The van der Waals surface area contributed by atoms with Gasteiger partial charge in [0.05, 0.1) is 17.6 Å². The molecule has 1 saturated carbocycles. The predicted octanol–water partition coefficient (Wildman–Crippen LogP) is 3.11. The van der Waals surface area contributed by atoms with Gasteiger partial charge in [-0.15, -0.1) is 24.8 Å². The number of para-hydroxylation sites is 2. The smallest absolute Gasteiger partial charge is 0.206 e. The van der Waals surface area contributed by atoms with Crippen LogP contribution in [0.3, 0.4) is 0 Å². The van der Waals surface area contributed by atoms with Crippen molar-refractivity contribution >= 4 is 41.8 Å². The van der Waals surface area contributed by atoms with E-state index in [1.54, 1.807) is 0 Å². The van der Waals surface area contributed by atoms with Crippen LogP contribution in [0.25, 0.3) is 11.0 Å². The topological polar surface area (TPSA) is 42.3 Å². The maximum atomic E-state index is 5.87. The Bertz CT molecular complexity index is 652. The Hall–Kier alpha value is -1.01. The normalized spacial score (nSPS) is 17.7. The number of nitrogens with zero attached hydrogens (tertiary/aromatic N) is 3. The SMILES string of the molecule is Cl.Cl.c1ccc2c(c1)nc(N1CCCNCC1)n2CCOCC1CC1. The van der Waals surface area contributed by atoms with Crippen LogP contribution in [0.5, 0.6) is 0 Å². The summed E-state index contributed by atoms with van der Waals surface area (Å²) >= 11 is 0. The molecule has 1 aromatic carbocycles. The Kier molecular flexibility index (Phi) is 7.81. The zero-order valence-electron chi connectivity index (χ0n) is 14.5. The van der Waals surface area contributed by atoms with Crippen LogP contribution in [-0.4, -0.2) is 48.9 Å². The van der Waals surface area contributed by atoms with Crippen molar-refractivity contribution in [2.75, 3.05) is 44.3 Å². The second-order valence-electron chi connectivity index (χ2n) is 6.66. The van der Waals surface area contributed by atoms with E-state index < -0.39 is 0 Å². The first-order chi connectivity index (χ1) is 11.4. The molecule has 2 heterocycles. The number of ether oxygens (including phenoxy) is 1. The Labute approximate surface area is 161 Å². The number of imidazole rings is 1. The van der Waals surface area contributed by atoms with Gasteiger partial charge in [-0.2, -0.15) is 0 Å². The fourth-order valence-corrected chi connectivity index (χ4v) is 3.26. The average molecular weight is 387 g/mol. The second kappa shape index (κ2) is 9.62. The van der Waals surface area contributed by atoms with Gasteiger partial charge in [-0.25, -0.2) is 4.98 Å². The van der Waals surface area contributed by atoms with Crippen LogP contribution >= 0.6 is 24.8 Å². The molecule has 2 aromatic rings. The van der Waals surface area contributed by atoms with Gasteiger partial charge in [0.1, 0.15) is 0 Å². The molecule has 1 aliphatic carbocycles. The van der Waals surface area contributed by atoms with E-state index in [1.165, 1.54) is 24.8 Å². The highest BCUT2D eigenvalue weighted by Crippen LogP contribution is 2.29. The molecule has 2 aliphatic rings. The molecule has 1 saturated heterocycles. The lowest BCUT2D eigenvalue weighted by Crippen LogP contribution is -2.30. The molecule has 0 amide bonds. The standard InChI is InChI=1S/C18H26N4O.2ClH/c1-2-5-17-16(4-1)20-18(21-10-3-8-19-9-11-21)22(17)12-13-23-14-15-6-7-15;;/h1-2,4-5,15,19H,3,6-14H2;2*1H. The summed E-state index contributed by atoms with van der Waals surface area (Å²) < 4.78 is 8.21. The van der Waals surface area contributed by atoms with Crippen molar-refractivity contribution in [2.24, 2.45) is 5.92 Å². The molecule has 25 heavy (non-hydrogen) atoms. The van der Waals surface area contributed by atoms with E-state index >= 15 is 0 Å². The third kappa shape index (κ3) is 5.00. The molecule has 1 aromatic heterocycles. The number of aromatic nitrogens is 2. The minimum atomic E-state index is 0. The van der Waals surface area contributed by atoms with Crippen LogP contribution in [0.2, 0.25) is 0 Å². The Morgan fingerprint density at radius 2 is 1.96 bits per heavy atom. The second-order valence-corrected chi connectivity index (χ2v) is 6.66. The van der Waals surface area contributed by atoms with Crippen LogP contribution in [0.4, 0.5) is 5.95 Å². The zero-order chi connectivity index (χ0) is 15.5. The first-order valence-electron chi connectivity index (χ1n) is 8.90. The number of fused-ring (bicyclic) bond motifs is 1. The summed E-state index contributed by atoms with van der Waals surface area (Å²) in [5.41, 5.74) is 2.30. The summed E-state index contributed by atoms with van der Waals surface area (Å²) in [5, 5.41) is 3.47. The van der Waals surface area contributed by atoms with E-state index in [2.05, 4.69) is 39.0 Å². The van der Waals surface area contributed by atoms with Gasteiger partial charge in [0.15, 0.2) is 0 Å². The number of rotatable bonds is 6. The molecule has 7 heteroatoms. The van der Waals surface area contributed by atoms with E-state index in [0.29, 0.717) is 0 Å². The van der Waals surface area contributed by atoms with Crippen molar-refractivity contribution in [1.82, 2.24) is 14.9 Å². The van der Waals surface area contributed by atoms with Gasteiger partial charge in [-0.05, 0) is 43.9 Å². The quantitative estimate of drug-likeness (QED) is 0.774. The van der Waals surface area contributed by atoms with Gasteiger partial charge in [-0.1, -0.05) is 12.1 Å². The molecule has 0 spiro atoms. The molecule has 0 atom stereocenters. The molecule has 1 N–H and O–H groups in total. The maximum absolute atomic E-state index is 5.87. The third-order valence-electron chi connectivity index (χ3n) is 4.77. The fourth-order valence-electron chi connectivity index (χ4n) is 3.26. The number of benzene rings is 1. The molecular formula is C18H28Cl2N4O. The molecule has 2 fully saturated rings. The highest BCUT2D eigenvalue weighted by Gasteiger charge is 2.21. The Balaban J connectivity index is 0.00000113. The molecular weight excluding hydrogens is 359 g/mol. The highest BCUT2D eigenvalue weighted by atomic mass is 35.5. The van der Waals surface area contributed by atoms with Gasteiger partial charge >= 0.3 is 0 Å². The van der Waals surface area contributed by atoms with Crippen LogP contribution in [0, 0.1) is 5.92 Å². The molecule has 1 aliphatic heterocycles. The van der Waals surface area contributed by atoms with Crippen molar-refractivity contribution < 1.29 is 4.74 Å². The number of anilines is 1. The van der Waals surface area contributed by atoms with Crippen molar-refractivity contribution in [1.29, 1.82) is 0 Å². The molecule has 4 rings (SSSR count). The fraction of sp³-hybridized carbons (Fsp3) is 0.611. The van der Waals surface area contributed by atoms with E-state index in [0.717, 1.165) is 63.3 Å². The Morgan fingerprint density at radius 3 is 2.80 bits per heavy atom. The number of halogens is 2. The maximum Gasteiger partial charge on any atom is 0.206 e. The molecule has 0 unspecified atom stereocenters. The van der Waals surface area contributed by atoms with Gasteiger partial charge in [0.2, 0.25) is 5.95 Å². The molecule has 0 radical (unpaired) electrons. The zero-order valence-corrected chi connectivity index (χ0v) is 16.2. The minimum Gasteiger partial charge on any atom is -0.379 e. The van der Waals surface area contributed by atoms with Crippen LogP contribution < -0.4 is 10.2 Å². The first-order valence-corrected chi connectivity index (χ1v) is 8.90. The van der Waals surface area contributed by atoms with Crippen LogP contribution in [0.1, 0.15) is 19.3 Å². The lowest BCUT2D eigenvalue weighted by Gasteiger charge is -2.22. The number of nitrogens with one attached hydrogen (secondary N) is 1. The summed E-state index contributed by atoms with van der Waals surface area (Å²) in [6.07, 6.45) is 3.86. The monoisotopic (exact) mass is 386 g/mol. The van der Waals surface area contributed by atoms with Crippen molar-refractivity contribution in [3.8, 4) is 0 Å². The van der Waals surface area contributed by atoms with Crippen LogP contribution in [-0.2, 0) is 11.3 Å². The lowest BCUT2D eigenvalue weighted by molar-refractivity contribution is 0.118. The lowest BCUT2D eigenvalue weighted by atomic mass is 10.3.